The average Bonchev–Trinajstić information content (AvgIpc) is 1.58. The van der Waals surface area contributed by atoms with Gasteiger partial charge in [-0.2, -0.15) is 0 Å². The molecule has 0 nitrogen and oxygen atoms in total. The first kappa shape index (κ1) is 79.1. The van der Waals surface area contributed by atoms with Crippen molar-refractivity contribution in [2.24, 2.45) is 0 Å². The van der Waals surface area contributed by atoms with E-state index in [1.165, 1.54) is 77.9 Å². The summed E-state index contributed by atoms with van der Waals surface area (Å²) >= 11 is 2.24. The third-order valence-electron chi connectivity index (χ3n) is 20.6. The number of hydrogen-bond donors (Lipinski definition) is 0. The van der Waals surface area contributed by atoms with Crippen LogP contribution in [0.2, 0.25) is 0 Å². The van der Waals surface area contributed by atoms with Gasteiger partial charge < -0.3 is 0 Å². The Bertz CT molecular complexity index is 3780. The van der Waals surface area contributed by atoms with Crippen molar-refractivity contribution >= 4 is 70.9 Å². The molecule has 9 rings (SSSR count). The monoisotopic (exact) mass is 1420 g/mol. The van der Waals surface area contributed by atoms with E-state index in [2.05, 4.69) is 382 Å². The van der Waals surface area contributed by atoms with Gasteiger partial charge in [0.05, 0.1) is 0 Å². The van der Waals surface area contributed by atoms with Crippen molar-refractivity contribution < 1.29 is 0 Å². The summed E-state index contributed by atoms with van der Waals surface area (Å²) in [6.07, 6.45) is 2.02. The molecule has 7 aromatic rings. The first-order valence-corrected chi connectivity index (χ1v) is 43.9. The lowest BCUT2D eigenvalue weighted by Crippen LogP contribution is -2.33. The summed E-state index contributed by atoms with van der Waals surface area (Å²) in [6.45, 7) is 89.5. The highest BCUT2D eigenvalue weighted by atomic mass is 32.1. The third-order valence-corrected chi connectivity index (χ3v) is 36.3. The lowest BCUT2D eigenvalue weighted by atomic mass is 9.72. The van der Waals surface area contributed by atoms with Crippen molar-refractivity contribution in [3.05, 3.63) is 221 Å². The van der Waals surface area contributed by atoms with Crippen LogP contribution < -0.4 is 9.24 Å². The van der Waals surface area contributed by atoms with Gasteiger partial charge in [0.15, 0.2) is 0 Å². The molecule has 0 saturated carbocycles. The molecule has 0 bridgehead atoms. The van der Waals surface area contributed by atoms with Crippen molar-refractivity contribution in [1.82, 2.24) is 0 Å². The molecule has 0 N–H and O–H groups in total. The van der Waals surface area contributed by atoms with Gasteiger partial charge in [-0.1, -0.05) is 358 Å². The van der Waals surface area contributed by atoms with Gasteiger partial charge in [-0.3, -0.25) is 0 Å². The molecule has 0 saturated heterocycles. The van der Waals surface area contributed by atoms with Gasteiger partial charge >= 0.3 is 0 Å². The van der Waals surface area contributed by atoms with E-state index in [0.29, 0.717) is 0 Å². The molecule has 3 heterocycles. The van der Waals surface area contributed by atoms with Gasteiger partial charge in [0.1, 0.15) is 0 Å². The van der Waals surface area contributed by atoms with E-state index in [0.717, 1.165) is 12.3 Å². The van der Waals surface area contributed by atoms with E-state index in [1.54, 1.807) is 51.6 Å². The van der Waals surface area contributed by atoms with Crippen LogP contribution in [0.3, 0.4) is 0 Å². The van der Waals surface area contributed by atoms with E-state index in [9.17, 15) is 0 Å². The predicted octanol–water partition coefficient (Wildman–Crippen LogP) is 27.6. The zero-order chi connectivity index (χ0) is 74.4. The number of hydrogen-bond acceptors (Lipinski definition) is 1. The zero-order valence-corrected chi connectivity index (χ0v) is 73.6. The summed E-state index contributed by atoms with van der Waals surface area (Å²) < 4.78 is 3.14. The lowest BCUT2D eigenvalue weighted by Gasteiger charge is -2.44. The molecule has 0 atom stereocenters. The van der Waals surface area contributed by atoms with E-state index in [-0.39, 0.29) is 65.0 Å². The second-order valence-corrected chi connectivity index (χ2v) is 53.3. The molecule has 534 valence electrons. The van der Waals surface area contributed by atoms with Crippen LogP contribution >= 0.6 is 41.5 Å². The predicted molar refractivity (Wildman–Crippen MR) is 458 cm³/mol. The fourth-order valence-electron chi connectivity index (χ4n) is 14.6. The minimum absolute atomic E-state index is 0.0346. The van der Waals surface area contributed by atoms with Crippen LogP contribution in [0.25, 0.3) is 0 Å². The Kier molecular flexibility index (Phi) is 21.2. The second kappa shape index (κ2) is 26.5. The molecule has 2 aliphatic heterocycles. The van der Waals surface area contributed by atoms with Crippen LogP contribution in [-0.2, 0) is 77.3 Å². The molecule has 0 fully saturated rings. The molecule has 0 radical (unpaired) electrons. The van der Waals surface area contributed by atoms with Crippen molar-refractivity contribution in [3.8, 4) is 0 Å². The fourth-order valence-corrected chi connectivity index (χ4v) is 33.3. The Morgan fingerprint density at radius 1 is 0.222 bits per heavy atom. The van der Waals surface area contributed by atoms with Crippen molar-refractivity contribution in [2.45, 2.75) is 327 Å². The van der Waals surface area contributed by atoms with Gasteiger partial charge in [-0.25, -0.2) is 0 Å². The topological polar surface area (TPSA) is 0 Å². The highest BCUT2D eigenvalue weighted by Crippen LogP contribution is 2.68. The molecule has 2 aliphatic rings. The highest BCUT2D eigenvalue weighted by Gasteiger charge is 2.48. The number of rotatable bonds is 10. The molecule has 6 aromatic carbocycles. The standard InChI is InChI=1S/C94H132P4S/c1-83(2,3)61-49-65(87(13,14)15)75(66(50-61)88(16,17)18)79-95(57-59-43-39-37-40-44-59)80(76-67(89(19,20)21)51-62(84(4,5)6)52-68(76)90(22,23)24)97(79)73-47-48-74(99-73)98-81(77-69(91(25,26)27)53-63(85(7,8)9)54-70(77)92(28,29)30)96(58-60-45-41-38-42-46-60)82(98)78-71(93(31,32)33)55-64(86(10,11)12)56-72(78)94(34,35)36/h37-56H,57-58H2,1-36H3. The Morgan fingerprint density at radius 2 is 0.394 bits per heavy atom. The minimum atomic E-state index is -1.07. The third kappa shape index (κ3) is 16.3. The van der Waals surface area contributed by atoms with Gasteiger partial charge in [0.2, 0.25) is 0 Å². The molecule has 0 spiro atoms. The number of thiophene rings is 1. The quantitative estimate of drug-likeness (QED) is 0.120. The minimum Gasteiger partial charge on any atom is -0.134 e. The molecule has 99 heavy (non-hydrogen) atoms. The average molecular weight is 1420 g/mol. The Labute approximate surface area is 614 Å². The van der Waals surface area contributed by atoms with E-state index >= 15 is 0 Å². The van der Waals surface area contributed by atoms with Crippen LogP contribution in [0.15, 0.2) is 121 Å². The van der Waals surface area contributed by atoms with Gasteiger partial charge in [0, 0.05) is 57.5 Å². The molecular formula is C94H132P4S. The molecule has 0 unspecified atom stereocenters. The van der Waals surface area contributed by atoms with Crippen molar-refractivity contribution in [2.75, 3.05) is 0 Å². The van der Waals surface area contributed by atoms with Crippen LogP contribution in [0.4, 0.5) is 0 Å². The lowest BCUT2D eigenvalue weighted by molar-refractivity contribution is 0.546. The van der Waals surface area contributed by atoms with Crippen LogP contribution in [0, 0.1) is 0 Å². The number of benzene rings is 6. The maximum Gasteiger partial charge on any atom is 0.0382 e. The smallest absolute Gasteiger partial charge is 0.0382 e. The summed E-state index contributed by atoms with van der Waals surface area (Å²) in [7, 11) is -3.92. The van der Waals surface area contributed by atoms with E-state index < -0.39 is 30.2 Å². The largest absolute Gasteiger partial charge is 0.134 e. The van der Waals surface area contributed by atoms with Gasteiger partial charge in [0.25, 0.3) is 0 Å². The van der Waals surface area contributed by atoms with Gasteiger partial charge in [-0.05, 0) is 177 Å². The SMILES string of the molecule is CC(C)(C)c1cc(C(C)(C)C)c(C2=P(Cc3ccccc3)=C(c3c(C(C)(C)C)cc(C(C)(C)C)cc3C(C)(C)C)P2c2ccc(P3C(c4c(C(C)(C)C)cc(C(C)(C)C)cc4C(C)(C)C)=P(Cc4ccccc4)=C3c3c(C(C)(C)C)cc(C(C)(C)C)cc3C(C)(C)C)s2)c(C(C)(C)C)c1. The van der Waals surface area contributed by atoms with Crippen molar-refractivity contribution in [1.29, 1.82) is 0 Å². The molecule has 5 heteroatoms. The summed E-state index contributed by atoms with van der Waals surface area (Å²) in [4.78, 5) is 0. The van der Waals surface area contributed by atoms with E-state index in [1.807, 2.05) is 0 Å². The molecule has 1 aromatic heterocycles. The Morgan fingerprint density at radius 3 is 0.545 bits per heavy atom. The van der Waals surface area contributed by atoms with Gasteiger partial charge in [-0.15, -0.1) is 25.7 Å². The van der Waals surface area contributed by atoms with Crippen LogP contribution in [-0.4, -0.2) is 20.1 Å². The molecule has 0 amide bonds. The summed E-state index contributed by atoms with van der Waals surface area (Å²) in [5, 5.41) is 6.98. The maximum absolute atomic E-state index is 2.74. The maximum atomic E-state index is 2.74. The summed E-state index contributed by atoms with van der Waals surface area (Å²) in [5.74, 6) is 0. The van der Waals surface area contributed by atoms with Crippen LogP contribution in [0.1, 0.15) is 349 Å². The first-order valence-electron chi connectivity index (χ1n) is 37.3. The normalized spacial score (nSPS) is 17.6. The second-order valence-electron chi connectivity index (χ2n) is 42.0. The summed E-state index contributed by atoms with van der Waals surface area (Å²) in [5.41, 5.74) is 25.8. The highest BCUT2D eigenvalue weighted by molar-refractivity contribution is 8.22. The summed E-state index contributed by atoms with van der Waals surface area (Å²) in [6, 6.07) is 50.3. The van der Waals surface area contributed by atoms with Crippen LogP contribution in [0.5, 0.6) is 0 Å². The fraction of sp³-hybridized carbons (Fsp3) is 0.532. The Balaban J connectivity index is 1.57. The first-order chi connectivity index (χ1) is 44.7. The van der Waals surface area contributed by atoms with E-state index in [4.69, 9.17) is 0 Å². The molecule has 0 aliphatic carbocycles. The Hall–Kier alpha value is -4.04. The zero-order valence-electron chi connectivity index (χ0n) is 69.2. The molecular weight excluding hydrogens is 1280 g/mol. The van der Waals surface area contributed by atoms with Crippen molar-refractivity contribution in [3.63, 3.8) is 0 Å².